The van der Waals surface area contributed by atoms with Crippen molar-refractivity contribution in [2.45, 2.75) is 6.61 Å². The molecule has 8 nitrogen and oxygen atoms in total. The molecule has 1 saturated heterocycles. The number of primary amides is 1. The minimum atomic E-state index is -1.25. The molecule has 4 rings (SSSR count). The number of nitrogens with zero attached hydrogens (tertiary/aromatic N) is 3. The summed E-state index contributed by atoms with van der Waals surface area (Å²) >= 11 is 0. The van der Waals surface area contributed by atoms with E-state index in [0.717, 1.165) is 30.3 Å². The highest BCUT2D eigenvalue weighted by molar-refractivity contribution is 5.98. The Kier molecular flexibility index (Phi) is 7.34. The zero-order valence-electron chi connectivity index (χ0n) is 18.8. The third-order valence-electron chi connectivity index (χ3n) is 5.49. The number of hydrogen-bond acceptors (Lipinski definition) is 5. The van der Waals surface area contributed by atoms with E-state index in [0.29, 0.717) is 37.1 Å². The predicted molar refractivity (Wildman–Crippen MR) is 122 cm³/mol. The van der Waals surface area contributed by atoms with Crippen molar-refractivity contribution in [3.05, 3.63) is 77.4 Å². The SMILES string of the molecule is NC(=O)N(c1ccc(COC(=O)N2CCNCC2)c(-c2ccc(F)cc2F)n1)c1c(F)cccc1F. The molecule has 2 aromatic carbocycles. The van der Waals surface area contributed by atoms with E-state index in [1.165, 1.54) is 17.0 Å². The summed E-state index contributed by atoms with van der Waals surface area (Å²) in [7, 11) is 0. The third kappa shape index (κ3) is 5.23. The number of para-hydroxylation sites is 1. The van der Waals surface area contributed by atoms with Gasteiger partial charge in [-0.25, -0.2) is 37.0 Å². The van der Waals surface area contributed by atoms with E-state index in [1.807, 2.05) is 0 Å². The maximum absolute atomic E-state index is 14.7. The van der Waals surface area contributed by atoms with E-state index >= 15 is 0 Å². The molecule has 0 saturated carbocycles. The second kappa shape index (κ2) is 10.6. The lowest BCUT2D eigenvalue weighted by molar-refractivity contribution is 0.0919. The first-order chi connectivity index (χ1) is 17.3. The van der Waals surface area contributed by atoms with Crippen LogP contribution in [0.3, 0.4) is 0 Å². The van der Waals surface area contributed by atoms with Crippen molar-refractivity contribution in [2.24, 2.45) is 5.73 Å². The molecule has 0 bridgehead atoms. The van der Waals surface area contributed by atoms with Crippen LogP contribution < -0.4 is 16.0 Å². The van der Waals surface area contributed by atoms with Crippen molar-refractivity contribution < 1.29 is 31.9 Å². The highest BCUT2D eigenvalue weighted by Crippen LogP contribution is 2.33. The Labute approximate surface area is 203 Å². The lowest BCUT2D eigenvalue weighted by atomic mass is 10.1. The summed E-state index contributed by atoms with van der Waals surface area (Å²) in [6.07, 6.45) is -0.599. The summed E-state index contributed by atoms with van der Waals surface area (Å²) in [6.45, 7) is 1.75. The number of aromatic nitrogens is 1. The Balaban J connectivity index is 1.76. The Morgan fingerprint density at radius 1 is 1.00 bits per heavy atom. The molecule has 3 amide bonds. The van der Waals surface area contributed by atoms with Crippen molar-refractivity contribution in [1.29, 1.82) is 0 Å². The number of benzene rings is 2. The number of carbonyl (C=O) groups excluding carboxylic acids is 2. The van der Waals surface area contributed by atoms with Crippen molar-refractivity contribution in [2.75, 3.05) is 31.1 Å². The topological polar surface area (TPSA) is 101 Å². The van der Waals surface area contributed by atoms with Gasteiger partial charge in [-0.15, -0.1) is 0 Å². The van der Waals surface area contributed by atoms with E-state index < -0.39 is 41.1 Å². The largest absolute Gasteiger partial charge is 0.444 e. The van der Waals surface area contributed by atoms with Crippen molar-refractivity contribution in [3.8, 4) is 11.3 Å². The van der Waals surface area contributed by atoms with Crippen LogP contribution in [0, 0.1) is 23.3 Å². The lowest BCUT2D eigenvalue weighted by Gasteiger charge is -2.26. The van der Waals surface area contributed by atoms with Crippen LogP contribution in [0.5, 0.6) is 0 Å². The average molecular weight is 503 g/mol. The number of piperazine rings is 1. The van der Waals surface area contributed by atoms with Gasteiger partial charge >= 0.3 is 12.1 Å². The van der Waals surface area contributed by atoms with Gasteiger partial charge in [0.1, 0.15) is 41.4 Å². The molecule has 0 atom stereocenters. The molecule has 0 radical (unpaired) electrons. The molecule has 36 heavy (non-hydrogen) atoms. The molecule has 188 valence electrons. The van der Waals surface area contributed by atoms with Crippen molar-refractivity contribution in [1.82, 2.24) is 15.2 Å². The van der Waals surface area contributed by atoms with Crippen LogP contribution in [0.25, 0.3) is 11.3 Å². The quantitative estimate of drug-likeness (QED) is 0.512. The first-order valence-corrected chi connectivity index (χ1v) is 10.9. The molecule has 0 aliphatic carbocycles. The number of nitrogens with two attached hydrogens (primary N) is 1. The molecule has 2 heterocycles. The van der Waals surface area contributed by atoms with Crippen LogP contribution in [0.15, 0.2) is 48.5 Å². The van der Waals surface area contributed by atoms with Gasteiger partial charge in [-0.2, -0.15) is 0 Å². The molecule has 3 N–H and O–H groups in total. The number of urea groups is 1. The van der Waals surface area contributed by atoms with Crippen molar-refractivity contribution in [3.63, 3.8) is 0 Å². The first-order valence-electron chi connectivity index (χ1n) is 10.9. The van der Waals surface area contributed by atoms with Gasteiger partial charge in [-0.05, 0) is 36.4 Å². The summed E-state index contributed by atoms with van der Waals surface area (Å²) in [5, 5.41) is 3.10. The highest BCUT2D eigenvalue weighted by Gasteiger charge is 2.26. The molecular weight excluding hydrogens is 482 g/mol. The van der Waals surface area contributed by atoms with E-state index in [9.17, 15) is 27.2 Å². The number of amides is 3. The van der Waals surface area contributed by atoms with Crippen LogP contribution in [-0.4, -0.2) is 48.2 Å². The fraction of sp³-hybridized carbons (Fsp3) is 0.208. The van der Waals surface area contributed by atoms with E-state index in [1.54, 1.807) is 0 Å². The van der Waals surface area contributed by atoms with Crippen LogP contribution in [0.4, 0.5) is 38.7 Å². The number of anilines is 2. The number of halogens is 4. The minimum Gasteiger partial charge on any atom is -0.444 e. The van der Waals surface area contributed by atoms with Crippen LogP contribution in [-0.2, 0) is 11.3 Å². The Morgan fingerprint density at radius 2 is 1.69 bits per heavy atom. The molecule has 1 fully saturated rings. The summed E-state index contributed by atoms with van der Waals surface area (Å²) in [5.41, 5.74) is 4.50. The molecule has 1 aliphatic rings. The standard InChI is InChI=1S/C24H21F4N5O3/c25-15-5-6-16(19(28)12-15)21-14(13-36-24(35)32-10-8-30-9-11-32)4-7-20(31-21)33(23(29)34)22-17(26)2-1-3-18(22)27/h1-7,12,30H,8-11,13H2,(H2,29,34). The number of nitrogens with one attached hydrogen (secondary N) is 1. The fourth-order valence-electron chi connectivity index (χ4n) is 3.75. The first kappa shape index (κ1) is 24.9. The van der Waals surface area contributed by atoms with Gasteiger partial charge in [0.15, 0.2) is 0 Å². The molecule has 1 aliphatic heterocycles. The van der Waals surface area contributed by atoms with E-state index in [2.05, 4.69) is 10.3 Å². The van der Waals surface area contributed by atoms with E-state index in [-0.39, 0.29) is 29.2 Å². The second-order valence-electron chi connectivity index (χ2n) is 7.84. The zero-order chi connectivity index (χ0) is 25.8. The molecular formula is C24H21F4N5O3. The summed E-state index contributed by atoms with van der Waals surface area (Å²) < 4.78 is 62.6. The molecule has 1 aromatic heterocycles. The van der Waals surface area contributed by atoms with Gasteiger partial charge < -0.3 is 20.7 Å². The smallest absolute Gasteiger partial charge is 0.410 e. The zero-order valence-corrected chi connectivity index (χ0v) is 18.8. The Hall–Kier alpha value is -4.19. The summed E-state index contributed by atoms with van der Waals surface area (Å²) in [4.78, 5) is 30.8. The maximum atomic E-state index is 14.7. The van der Waals surface area contributed by atoms with Gasteiger partial charge in [-0.1, -0.05) is 6.07 Å². The number of hydrogen-bond donors (Lipinski definition) is 2. The number of ether oxygens (including phenoxy) is 1. The van der Waals surface area contributed by atoms with Crippen LogP contribution in [0.1, 0.15) is 5.56 Å². The number of pyridine rings is 1. The molecule has 0 spiro atoms. The third-order valence-corrected chi connectivity index (χ3v) is 5.49. The van der Waals surface area contributed by atoms with E-state index in [4.69, 9.17) is 10.5 Å². The Bertz CT molecular complexity index is 1280. The second-order valence-corrected chi connectivity index (χ2v) is 7.84. The van der Waals surface area contributed by atoms with Gasteiger partial charge in [0, 0.05) is 43.4 Å². The normalized spacial score (nSPS) is 13.4. The average Bonchev–Trinajstić information content (AvgIpc) is 2.85. The van der Waals surface area contributed by atoms with Crippen molar-refractivity contribution >= 4 is 23.6 Å². The van der Waals surface area contributed by atoms with Crippen LogP contribution in [0.2, 0.25) is 0 Å². The highest BCUT2D eigenvalue weighted by atomic mass is 19.1. The fourth-order valence-corrected chi connectivity index (χ4v) is 3.75. The predicted octanol–water partition coefficient (Wildman–Crippen LogP) is 4.06. The maximum Gasteiger partial charge on any atom is 0.410 e. The molecule has 3 aromatic rings. The van der Waals surface area contributed by atoms with Gasteiger partial charge in [0.2, 0.25) is 0 Å². The lowest BCUT2D eigenvalue weighted by Crippen LogP contribution is -2.46. The van der Waals surface area contributed by atoms with Gasteiger partial charge in [0.25, 0.3) is 0 Å². The molecule has 12 heteroatoms. The van der Waals surface area contributed by atoms with Gasteiger partial charge in [0.05, 0.1) is 5.69 Å². The van der Waals surface area contributed by atoms with Crippen LogP contribution >= 0.6 is 0 Å². The number of rotatable bonds is 5. The summed E-state index contributed by atoms with van der Waals surface area (Å²) in [5.74, 6) is -4.33. The summed E-state index contributed by atoms with van der Waals surface area (Å²) in [6, 6.07) is 7.00. The van der Waals surface area contributed by atoms with Gasteiger partial charge in [-0.3, -0.25) is 0 Å². The Morgan fingerprint density at radius 3 is 2.33 bits per heavy atom. The number of carbonyl (C=O) groups is 2. The molecule has 0 unspecified atom stereocenters. The monoisotopic (exact) mass is 503 g/mol. The minimum absolute atomic E-state index is 0.138.